The third-order valence-corrected chi connectivity index (χ3v) is 4.07. The Morgan fingerprint density at radius 1 is 1.45 bits per heavy atom. The Balaban J connectivity index is 2.32. The molecule has 2 heterocycles. The van der Waals surface area contributed by atoms with Gasteiger partial charge in [-0.1, -0.05) is 27.2 Å². The molecule has 22 heavy (non-hydrogen) atoms. The van der Waals surface area contributed by atoms with Crippen LogP contribution >= 0.6 is 0 Å². The zero-order valence-corrected chi connectivity index (χ0v) is 13.6. The van der Waals surface area contributed by atoms with Gasteiger partial charge in [0.25, 0.3) is 0 Å². The number of aromatic nitrogens is 2. The normalized spacial score (nSPS) is 18.9. The van der Waals surface area contributed by atoms with Crippen LogP contribution in [0.1, 0.15) is 33.6 Å². The van der Waals surface area contributed by atoms with Crippen LogP contribution in [0.4, 0.5) is 17.3 Å². The maximum Gasteiger partial charge on any atom is 0.247 e. The first-order chi connectivity index (χ1) is 10.5. The minimum absolute atomic E-state index is 0.00130. The second-order valence-corrected chi connectivity index (χ2v) is 6.00. The smallest absolute Gasteiger partial charge is 0.247 e. The molecule has 2 atom stereocenters. The monoisotopic (exact) mass is 307 g/mol. The molecule has 122 valence electrons. The van der Waals surface area contributed by atoms with E-state index in [1.165, 1.54) is 6.33 Å². The molecule has 0 fully saturated rings. The molecule has 1 amide bonds. The number of fused-ring (bicyclic) bond motifs is 1. The summed E-state index contributed by atoms with van der Waals surface area (Å²) in [5.74, 6) is 1.45. The highest BCUT2D eigenvalue weighted by atomic mass is 16.3. The number of aliphatic hydroxyl groups excluding tert-OH is 1. The molecule has 0 saturated heterocycles. The van der Waals surface area contributed by atoms with Crippen molar-refractivity contribution < 1.29 is 9.90 Å². The number of hydrogen-bond donors (Lipinski definition) is 3. The van der Waals surface area contributed by atoms with Gasteiger partial charge in [-0.05, 0) is 12.3 Å². The SMILES string of the molecule is CCCC1C(=O)Nc2c(NC(CO)C(C)C)ncnc2N1C. The van der Waals surface area contributed by atoms with Gasteiger partial charge in [-0.25, -0.2) is 9.97 Å². The Morgan fingerprint density at radius 3 is 2.77 bits per heavy atom. The third kappa shape index (κ3) is 3.14. The van der Waals surface area contributed by atoms with Gasteiger partial charge in [-0.15, -0.1) is 0 Å². The molecule has 0 spiro atoms. The van der Waals surface area contributed by atoms with Gasteiger partial charge in [0.05, 0.1) is 12.6 Å². The zero-order chi connectivity index (χ0) is 16.3. The number of aliphatic hydroxyl groups is 1. The highest BCUT2D eigenvalue weighted by Gasteiger charge is 2.33. The molecule has 0 aromatic carbocycles. The molecule has 1 aromatic rings. The minimum Gasteiger partial charge on any atom is -0.394 e. The standard InChI is InChI=1S/C15H25N5O2/c1-5-6-11-15(22)19-12-13(18-10(7-21)9(2)3)16-8-17-14(12)20(11)4/h8-11,21H,5-7H2,1-4H3,(H,19,22)(H,16,17,18). The summed E-state index contributed by atoms with van der Waals surface area (Å²) in [5, 5.41) is 15.6. The third-order valence-electron chi connectivity index (χ3n) is 4.07. The molecule has 7 heteroatoms. The summed E-state index contributed by atoms with van der Waals surface area (Å²) in [5.41, 5.74) is 0.585. The fourth-order valence-corrected chi connectivity index (χ4v) is 2.60. The fraction of sp³-hybridized carbons (Fsp3) is 0.667. The van der Waals surface area contributed by atoms with Crippen molar-refractivity contribution in [2.24, 2.45) is 5.92 Å². The van der Waals surface area contributed by atoms with E-state index < -0.39 is 0 Å². The van der Waals surface area contributed by atoms with Crippen LogP contribution in [0.3, 0.4) is 0 Å². The van der Waals surface area contributed by atoms with Crippen molar-refractivity contribution >= 4 is 23.2 Å². The van der Waals surface area contributed by atoms with E-state index in [4.69, 9.17) is 0 Å². The van der Waals surface area contributed by atoms with Crippen LogP contribution in [-0.2, 0) is 4.79 Å². The van der Waals surface area contributed by atoms with Gasteiger partial charge in [0.15, 0.2) is 11.6 Å². The Hall–Kier alpha value is -1.89. The zero-order valence-electron chi connectivity index (χ0n) is 13.6. The number of nitrogens with zero attached hydrogens (tertiary/aromatic N) is 3. The van der Waals surface area contributed by atoms with Gasteiger partial charge in [0, 0.05) is 7.05 Å². The Labute approximate surface area is 131 Å². The number of carbonyl (C=O) groups excluding carboxylic acids is 1. The number of hydrogen-bond acceptors (Lipinski definition) is 6. The van der Waals surface area contributed by atoms with Crippen LogP contribution in [0.2, 0.25) is 0 Å². The first-order valence-electron chi connectivity index (χ1n) is 7.75. The average molecular weight is 307 g/mol. The van der Waals surface area contributed by atoms with E-state index in [0.29, 0.717) is 17.3 Å². The van der Waals surface area contributed by atoms with Crippen LogP contribution in [0.25, 0.3) is 0 Å². The molecule has 1 aliphatic heterocycles. The van der Waals surface area contributed by atoms with E-state index in [0.717, 1.165) is 12.8 Å². The van der Waals surface area contributed by atoms with Gasteiger partial charge in [-0.2, -0.15) is 0 Å². The minimum atomic E-state index is -0.209. The van der Waals surface area contributed by atoms with Crippen LogP contribution in [0, 0.1) is 5.92 Å². The van der Waals surface area contributed by atoms with Crippen molar-refractivity contribution in [1.29, 1.82) is 0 Å². The summed E-state index contributed by atoms with van der Waals surface area (Å²) in [6.07, 6.45) is 3.18. The van der Waals surface area contributed by atoms with Crippen LogP contribution < -0.4 is 15.5 Å². The summed E-state index contributed by atoms with van der Waals surface area (Å²) >= 11 is 0. The van der Waals surface area contributed by atoms with Crippen molar-refractivity contribution in [3.05, 3.63) is 6.33 Å². The molecular weight excluding hydrogens is 282 g/mol. The van der Waals surface area contributed by atoms with Gasteiger partial charge in [0.1, 0.15) is 18.1 Å². The van der Waals surface area contributed by atoms with Crippen molar-refractivity contribution in [2.45, 2.75) is 45.7 Å². The molecule has 1 aliphatic rings. The van der Waals surface area contributed by atoms with Gasteiger partial charge >= 0.3 is 0 Å². The van der Waals surface area contributed by atoms with Crippen LogP contribution in [0.15, 0.2) is 6.33 Å². The lowest BCUT2D eigenvalue weighted by Crippen LogP contribution is -2.46. The van der Waals surface area contributed by atoms with E-state index >= 15 is 0 Å². The van der Waals surface area contributed by atoms with Crippen molar-refractivity contribution in [3.8, 4) is 0 Å². The number of nitrogens with one attached hydrogen (secondary N) is 2. The van der Waals surface area contributed by atoms with Gasteiger partial charge in [0.2, 0.25) is 5.91 Å². The molecule has 7 nitrogen and oxygen atoms in total. The lowest BCUT2D eigenvalue weighted by Gasteiger charge is -2.35. The summed E-state index contributed by atoms with van der Waals surface area (Å²) in [6, 6.07) is -0.339. The molecule has 0 aliphatic carbocycles. The molecule has 2 unspecified atom stereocenters. The Bertz CT molecular complexity index is 535. The second-order valence-electron chi connectivity index (χ2n) is 6.00. The highest BCUT2D eigenvalue weighted by Crippen LogP contribution is 2.35. The van der Waals surface area contributed by atoms with E-state index in [1.54, 1.807) is 0 Å². The summed E-state index contributed by atoms with van der Waals surface area (Å²) in [4.78, 5) is 22.7. The Morgan fingerprint density at radius 2 is 2.18 bits per heavy atom. The van der Waals surface area contributed by atoms with Crippen molar-refractivity contribution in [3.63, 3.8) is 0 Å². The predicted octanol–water partition coefficient (Wildman–Crippen LogP) is 1.46. The number of likely N-dealkylation sites (N-methyl/N-ethyl adjacent to an activating group) is 1. The lowest BCUT2D eigenvalue weighted by atomic mass is 10.0. The highest BCUT2D eigenvalue weighted by molar-refractivity contribution is 6.05. The molecule has 0 bridgehead atoms. The number of amides is 1. The summed E-state index contributed by atoms with van der Waals surface area (Å²) in [7, 11) is 1.88. The summed E-state index contributed by atoms with van der Waals surface area (Å²) < 4.78 is 0. The van der Waals surface area contributed by atoms with E-state index in [2.05, 4.69) is 27.5 Å². The quantitative estimate of drug-likeness (QED) is 0.737. The van der Waals surface area contributed by atoms with Crippen LogP contribution in [-0.4, -0.2) is 46.7 Å². The van der Waals surface area contributed by atoms with Gasteiger partial charge < -0.3 is 20.6 Å². The molecule has 0 radical (unpaired) electrons. The summed E-state index contributed by atoms with van der Waals surface area (Å²) in [6.45, 7) is 6.09. The van der Waals surface area contributed by atoms with E-state index in [-0.39, 0.29) is 30.5 Å². The van der Waals surface area contributed by atoms with Crippen LogP contribution in [0.5, 0.6) is 0 Å². The van der Waals surface area contributed by atoms with Crippen molar-refractivity contribution in [1.82, 2.24) is 9.97 Å². The second kappa shape index (κ2) is 6.91. The van der Waals surface area contributed by atoms with E-state index in [9.17, 15) is 9.90 Å². The molecule has 1 aromatic heterocycles. The Kier molecular flexibility index (Phi) is 5.18. The number of carbonyl (C=O) groups is 1. The number of rotatable bonds is 6. The average Bonchev–Trinajstić information content (AvgIpc) is 2.49. The maximum atomic E-state index is 12.3. The lowest BCUT2D eigenvalue weighted by molar-refractivity contribution is -0.117. The first-order valence-corrected chi connectivity index (χ1v) is 7.75. The van der Waals surface area contributed by atoms with Crippen molar-refractivity contribution in [2.75, 3.05) is 29.2 Å². The number of anilines is 3. The predicted molar refractivity (Wildman–Crippen MR) is 87.1 cm³/mol. The molecule has 3 N–H and O–H groups in total. The fourth-order valence-electron chi connectivity index (χ4n) is 2.60. The molecule has 0 saturated carbocycles. The topological polar surface area (TPSA) is 90.4 Å². The van der Waals surface area contributed by atoms with Gasteiger partial charge in [-0.3, -0.25) is 4.79 Å². The first kappa shape index (κ1) is 16.5. The maximum absolute atomic E-state index is 12.3. The molecular formula is C15H25N5O2. The largest absolute Gasteiger partial charge is 0.394 e. The van der Waals surface area contributed by atoms with E-state index in [1.807, 2.05) is 25.8 Å². The molecule has 2 rings (SSSR count).